The smallest absolute Gasteiger partial charge is 0.123 e. The van der Waals surface area contributed by atoms with Gasteiger partial charge in [-0.05, 0) is 37.3 Å². The first-order chi connectivity index (χ1) is 8.25. The molecule has 1 aromatic heterocycles. The van der Waals surface area contributed by atoms with Gasteiger partial charge >= 0.3 is 0 Å². The zero-order valence-electron chi connectivity index (χ0n) is 9.67. The fourth-order valence-electron chi connectivity index (χ4n) is 1.56. The van der Waals surface area contributed by atoms with Gasteiger partial charge in [-0.15, -0.1) is 0 Å². The Kier molecular flexibility index (Phi) is 2.37. The lowest BCUT2D eigenvalue weighted by Gasteiger charge is -2.09. The first-order valence-corrected chi connectivity index (χ1v) is 5.62. The van der Waals surface area contributed by atoms with E-state index in [0.29, 0.717) is 6.61 Å². The summed E-state index contributed by atoms with van der Waals surface area (Å²) in [6.45, 7) is 3.44. The van der Waals surface area contributed by atoms with Crippen LogP contribution in [0.1, 0.15) is 6.92 Å². The highest BCUT2D eigenvalue weighted by molar-refractivity contribution is 5.36. The molecular weight excluding hydrogens is 216 g/mol. The number of nitrogens with zero attached hydrogens (tertiary/aromatic N) is 2. The zero-order valence-corrected chi connectivity index (χ0v) is 9.67. The molecule has 2 heterocycles. The van der Waals surface area contributed by atoms with Gasteiger partial charge in [-0.1, -0.05) is 0 Å². The zero-order chi connectivity index (χ0) is 11.7. The lowest BCUT2D eigenvalue weighted by Crippen LogP contribution is -2.16. The average molecular weight is 230 g/mol. The Morgan fingerprint density at radius 2 is 2.18 bits per heavy atom. The minimum atomic E-state index is -0.0688. The standard InChI is InChI=1S/C13H14N2O2/c1-13(10-17-13)9-16-12-5-3-11(4-6-12)15-8-2-7-14-15/h2-8H,9-10H2,1H3. The molecule has 3 rings (SSSR count). The summed E-state index contributed by atoms with van der Waals surface area (Å²) in [4.78, 5) is 0. The van der Waals surface area contributed by atoms with E-state index in [-0.39, 0.29) is 5.60 Å². The fourth-order valence-corrected chi connectivity index (χ4v) is 1.56. The maximum absolute atomic E-state index is 5.65. The second-order valence-corrected chi connectivity index (χ2v) is 4.47. The van der Waals surface area contributed by atoms with Gasteiger partial charge in [0.15, 0.2) is 0 Å². The van der Waals surface area contributed by atoms with Gasteiger partial charge in [-0.3, -0.25) is 0 Å². The maximum atomic E-state index is 5.65. The lowest BCUT2D eigenvalue weighted by molar-refractivity contribution is 0.202. The van der Waals surface area contributed by atoms with Crippen LogP contribution in [0.5, 0.6) is 5.75 Å². The first kappa shape index (κ1) is 10.4. The Bertz CT molecular complexity index is 487. The van der Waals surface area contributed by atoms with Gasteiger partial charge in [0.25, 0.3) is 0 Å². The van der Waals surface area contributed by atoms with Gasteiger partial charge < -0.3 is 9.47 Å². The van der Waals surface area contributed by atoms with E-state index >= 15 is 0 Å². The Morgan fingerprint density at radius 3 is 2.76 bits per heavy atom. The lowest BCUT2D eigenvalue weighted by atomic mass is 10.2. The summed E-state index contributed by atoms with van der Waals surface area (Å²) in [5.74, 6) is 0.859. The Hall–Kier alpha value is -1.81. The molecule has 88 valence electrons. The largest absolute Gasteiger partial charge is 0.491 e. The van der Waals surface area contributed by atoms with Crippen molar-refractivity contribution in [3.05, 3.63) is 42.7 Å². The topological polar surface area (TPSA) is 39.6 Å². The minimum absolute atomic E-state index is 0.0688. The molecule has 0 amide bonds. The molecular formula is C13H14N2O2. The van der Waals surface area contributed by atoms with Crippen molar-refractivity contribution in [1.29, 1.82) is 0 Å². The highest BCUT2D eigenvalue weighted by atomic mass is 16.6. The van der Waals surface area contributed by atoms with Crippen LogP contribution in [0.2, 0.25) is 0 Å². The number of hydrogen-bond donors (Lipinski definition) is 0. The van der Waals surface area contributed by atoms with Crippen molar-refractivity contribution in [2.45, 2.75) is 12.5 Å². The monoisotopic (exact) mass is 230 g/mol. The Morgan fingerprint density at radius 1 is 1.41 bits per heavy atom. The van der Waals surface area contributed by atoms with Crippen LogP contribution < -0.4 is 4.74 Å². The SMILES string of the molecule is CC1(COc2ccc(-n3cccn3)cc2)CO1. The fraction of sp³-hybridized carbons (Fsp3) is 0.308. The third kappa shape index (κ3) is 2.31. The van der Waals surface area contributed by atoms with Crippen molar-refractivity contribution < 1.29 is 9.47 Å². The molecule has 0 N–H and O–H groups in total. The van der Waals surface area contributed by atoms with E-state index in [4.69, 9.17) is 9.47 Å². The number of hydrogen-bond acceptors (Lipinski definition) is 3. The number of aromatic nitrogens is 2. The van der Waals surface area contributed by atoms with Gasteiger partial charge in [0.1, 0.15) is 18.0 Å². The molecule has 1 unspecified atom stereocenters. The van der Waals surface area contributed by atoms with Crippen molar-refractivity contribution in [3.63, 3.8) is 0 Å². The van der Waals surface area contributed by atoms with Crippen LogP contribution in [0, 0.1) is 0 Å². The van der Waals surface area contributed by atoms with Crippen LogP contribution in [-0.2, 0) is 4.74 Å². The summed E-state index contributed by atoms with van der Waals surface area (Å²) in [5.41, 5.74) is 0.955. The van der Waals surface area contributed by atoms with E-state index in [1.807, 2.05) is 48.1 Å². The highest BCUT2D eigenvalue weighted by Crippen LogP contribution is 2.27. The van der Waals surface area contributed by atoms with Gasteiger partial charge in [-0.2, -0.15) is 5.10 Å². The molecule has 1 aliphatic rings. The Balaban J connectivity index is 1.67. The van der Waals surface area contributed by atoms with E-state index in [9.17, 15) is 0 Å². The van der Waals surface area contributed by atoms with Crippen LogP contribution in [0.25, 0.3) is 5.69 Å². The quantitative estimate of drug-likeness (QED) is 0.754. The molecule has 0 aliphatic carbocycles. The van der Waals surface area contributed by atoms with Crippen molar-refractivity contribution in [3.8, 4) is 11.4 Å². The molecule has 0 bridgehead atoms. The highest BCUT2D eigenvalue weighted by Gasteiger charge is 2.40. The normalized spacial score (nSPS) is 22.4. The third-order valence-electron chi connectivity index (χ3n) is 2.79. The molecule has 17 heavy (non-hydrogen) atoms. The summed E-state index contributed by atoms with van der Waals surface area (Å²) in [7, 11) is 0. The van der Waals surface area contributed by atoms with E-state index in [2.05, 4.69) is 5.10 Å². The van der Waals surface area contributed by atoms with Crippen LogP contribution >= 0.6 is 0 Å². The van der Waals surface area contributed by atoms with E-state index in [1.54, 1.807) is 6.20 Å². The van der Waals surface area contributed by atoms with Crippen molar-refractivity contribution in [1.82, 2.24) is 9.78 Å². The minimum Gasteiger partial charge on any atom is -0.491 e. The van der Waals surface area contributed by atoms with Gasteiger partial charge in [0.05, 0.1) is 12.3 Å². The van der Waals surface area contributed by atoms with Crippen LogP contribution in [0.15, 0.2) is 42.7 Å². The van der Waals surface area contributed by atoms with E-state index < -0.39 is 0 Å². The molecule has 4 heteroatoms. The maximum Gasteiger partial charge on any atom is 0.123 e. The second kappa shape index (κ2) is 3.89. The number of epoxide rings is 1. The second-order valence-electron chi connectivity index (χ2n) is 4.47. The predicted molar refractivity (Wildman–Crippen MR) is 63.4 cm³/mol. The van der Waals surface area contributed by atoms with Crippen LogP contribution in [-0.4, -0.2) is 28.6 Å². The summed E-state index contributed by atoms with van der Waals surface area (Å²) in [6.07, 6.45) is 3.67. The predicted octanol–water partition coefficient (Wildman–Crippen LogP) is 2.04. The number of rotatable bonds is 4. The molecule has 1 aromatic carbocycles. The molecule has 1 atom stereocenters. The summed E-state index contributed by atoms with van der Waals surface area (Å²) < 4.78 is 12.7. The first-order valence-electron chi connectivity index (χ1n) is 5.62. The van der Waals surface area contributed by atoms with E-state index in [1.165, 1.54) is 0 Å². The van der Waals surface area contributed by atoms with Gasteiger partial charge in [0.2, 0.25) is 0 Å². The average Bonchev–Trinajstić information content (AvgIpc) is 2.89. The van der Waals surface area contributed by atoms with Crippen molar-refractivity contribution in [2.75, 3.05) is 13.2 Å². The van der Waals surface area contributed by atoms with Crippen molar-refractivity contribution in [2.24, 2.45) is 0 Å². The summed E-state index contributed by atoms with van der Waals surface area (Å²) in [6, 6.07) is 9.76. The van der Waals surface area contributed by atoms with E-state index in [0.717, 1.165) is 18.0 Å². The van der Waals surface area contributed by atoms with Crippen LogP contribution in [0.4, 0.5) is 0 Å². The Labute approximate surface area is 99.8 Å². The molecule has 0 saturated carbocycles. The summed E-state index contributed by atoms with van der Waals surface area (Å²) >= 11 is 0. The molecule has 0 radical (unpaired) electrons. The molecule has 2 aromatic rings. The molecule has 1 fully saturated rings. The van der Waals surface area contributed by atoms with Gasteiger partial charge in [0, 0.05) is 12.4 Å². The molecule has 1 saturated heterocycles. The third-order valence-corrected chi connectivity index (χ3v) is 2.79. The number of ether oxygens (including phenoxy) is 2. The van der Waals surface area contributed by atoms with Crippen molar-refractivity contribution >= 4 is 0 Å². The summed E-state index contributed by atoms with van der Waals surface area (Å²) in [5, 5.41) is 4.17. The number of benzene rings is 1. The molecule has 1 aliphatic heterocycles. The van der Waals surface area contributed by atoms with Gasteiger partial charge in [-0.25, -0.2) is 4.68 Å². The van der Waals surface area contributed by atoms with Crippen LogP contribution in [0.3, 0.4) is 0 Å². The molecule has 0 spiro atoms. The molecule has 4 nitrogen and oxygen atoms in total.